The summed E-state index contributed by atoms with van der Waals surface area (Å²) >= 11 is 0. The minimum atomic E-state index is -4.78. The second-order valence-electron chi connectivity index (χ2n) is 5.90. The van der Waals surface area contributed by atoms with E-state index in [-0.39, 0.29) is 18.4 Å². The number of benzene rings is 1. The van der Waals surface area contributed by atoms with E-state index in [2.05, 4.69) is 5.32 Å². The SMILES string of the molecule is CC(C)(CCC(=O)O)NC(=O)N[C@H](c1ccc(F)cc1)C(F)(F)F. The van der Waals surface area contributed by atoms with Crippen LogP contribution in [-0.2, 0) is 4.79 Å². The van der Waals surface area contributed by atoms with Crippen LogP contribution < -0.4 is 10.6 Å². The fourth-order valence-corrected chi connectivity index (χ4v) is 1.97. The van der Waals surface area contributed by atoms with Gasteiger partial charge in [0.2, 0.25) is 0 Å². The van der Waals surface area contributed by atoms with Gasteiger partial charge >= 0.3 is 18.2 Å². The molecule has 24 heavy (non-hydrogen) atoms. The summed E-state index contributed by atoms with van der Waals surface area (Å²) in [6, 6.07) is 0.187. The zero-order chi connectivity index (χ0) is 18.5. The van der Waals surface area contributed by atoms with E-state index in [0.717, 1.165) is 24.3 Å². The van der Waals surface area contributed by atoms with Gasteiger partial charge in [0.1, 0.15) is 5.82 Å². The number of alkyl halides is 3. The summed E-state index contributed by atoms with van der Waals surface area (Å²) in [5.41, 5.74) is -1.33. The number of rotatable bonds is 6. The summed E-state index contributed by atoms with van der Waals surface area (Å²) in [7, 11) is 0. The Morgan fingerprint density at radius 2 is 1.71 bits per heavy atom. The van der Waals surface area contributed by atoms with Crippen LogP contribution in [0.3, 0.4) is 0 Å². The molecule has 9 heteroatoms. The lowest BCUT2D eigenvalue weighted by atomic mass is 9.98. The normalized spacial score (nSPS) is 13.2. The molecule has 0 heterocycles. The second kappa shape index (κ2) is 7.50. The number of carboxylic acid groups (broad SMARTS) is 1. The zero-order valence-corrected chi connectivity index (χ0v) is 13.1. The highest BCUT2D eigenvalue weighted by Crippen LogP contribution is 2.32. The van der Waals surface area contributed by atoms with Crippen molar-refractivity contribution >= 4 is 12.0 Å². The summed E-state index contributed by atoms with van der Waals surface area (Å²) in [5, 5.41) is 12.7. The minimum absolute atomic E-state index is 0.0446. The van der Waals surface area contributed by atoms with Gasteiger partial charge in [-0.25, -0.2) is 9.18 Å². The minimum Gasteiger partial charge on any atom is -0.481 e. The summed E-state index contributed by atoms with van der Waals surface area (Å²) < 4.78 is 52.3. The van der Waals surface area contributed by atoms with Crippen LogP contribution in [-0.4, -0.2) is 28.8 Å². The molecule has 2 amide bonds. The summed E-state index contributed by atoms with van der Waals surface area (Å²) in [4.78, 5) is 22.4. The van der Waals surface area contributed by atoms with E-state index in [0.29, 0.717) is 0 Å². The summed E-state index contributed by atoms with van der Waals surface area (Å²) in [5.74, 6) is -1.77. The van der Waals surface area contributed by atoms with Crippen LogP contribution in [0.2, 0.25) is 0 Å². The fraction of sp³-hybridized carbons (Fsp3) is 0.467. The molecule has 0 aromatic heterocycles. The number of carbonyl (C=O) groups is 2. The van der Waals surface area contributed by atoms with Crippen LogP contribution in [0.4, 0.5) is 22.4 Å². The highest BCUT2D eigenvalue weighted by atomic mass is 19.4. The van der Waals surface area contributed by atoms with Crippen LogP contribution in [0.1, 0.15) is 38.3 Å². The van der Waals surface area contributed by atoms with Crippen LogP contribution in [0.25, 0.3) is 0 Å². The zero-order valence-electron chi connectivity index (χ0n) is 13.1. The third kappa shape index (κ3) is 6.43. The van der Waals surface area contributed by atoms with Gasteiger partial charge in [-0.3, -0.25) is 4.79 Å². The first-order valence-electron chi connectivity index (χ1n) is 7.03. The van der Waals surface area contributed by atoms with Gasteiger partial charge in [-0.2, -0.15) is 13.2 Å². The molecular weight excluding hydrogens is 332 g/mol. The standard InChI is InChI=1S/C15H18F4N2O3/c1-14(2,8-7-11(22)23)21-13(24)20-12(15(17,18)19)9-3-5-10(16)6-4-9/h3-6,12H,7-8H2,1-2H3,(H,22,23)(H2,20,21,24)/t12-/m1/s1. The lowest BCUT2D eigenvalue weighted by molar-refractivity contribution is -0.155. The van der Waals surface area contributed by atoms with Crippen LogP contribution in [0, 0.1) is 5.82 Å². The molecule has 0 fully saturated rings. The molecule has 134 valence electrons. The Hall–Kier alpha value is -2.32. The van der Waals surface area contributed by atoms with E-state index in [9.17, 15) is 27.2 Å². The van der Waals surface area contributed by atoms with Gasteiger partial charge in [-0.1, -0.05) is 12.1 Å². The summed E-state index contributed by atoms with van der Waals surface area (Å²) in [6.07, 6.45) is -4.97. The van der Waals surface area contributed by atoms with E-state index in [1.807, 2.05) is 0 Å². The number of halogens is 4. The number of hydrogen-bond acceptors (Lipinski definition) is 2. The Bertz CT molecular complexity index is 585. The lowest BCUT2D eigenvalue weighted by Crippen LogP contribution is -2.51. The molecule has 1 aromatic carbocycles. The summed E-state index contributed by atoms with van der Waals surface area (Å²) in [6.45, 7) is 2.99. The van der Waals surface area contributed by atoms with Gasteiger partial charge < -0.3 is 15.7 Å². The molecule has 3 N–H and O–H groups in total. The Labute approximate surface area is 136 Å². The number of aliphatic carboxylic acids is 1. The first-order valence-corrected chi connectivity index (χ1v) is 7.03. The van der Waals surface area contributed by atoms with Gasteiger partial charge in [-0.15, -0.1) is 0 Å². The molecule has 5 nitrogen and oxygen atoms in total. The first-order chi connectivity index (χ1) is 10.9. The molecule has 0 aliphatic heterocycles. The third-order valence-corrected chi connectivity index (χ3v) is 3.22. The van der Waals surface area contributed by atoms with Gasteiger partial charge in [0.25, 0.3) is 0 Å². The van der Waals surface area contributed by atoms with E-state index in [4.69, 9.17) is 5.11 Å². The fourth-order valence-electron chi connectivity index (χ4n) is 1.97. The van der Waals surface area contributed by atoms with Crippen molar-refractivity contribution < 1.29 is 32.3 Å². The Balaban J connectivity index is 2.82. The highest BCUT2D eigenvalue weighted by molar-refractivity contribution is 5.75. The number of amides is 2. The van der Waals surface area contributed by atoms with Crippen molar-refractivity contribution in [1.29, 1.82) is 0 Å². The maximum Gasteiger partial charge on any atom is 0.412 e. The first kappa shape index (κ1) is 19.7. The second-order valence-corrected chi connectivity index (χ2v) is 5.90. The average molecular weight is 350 g/mol. The predicted octanol–water partition coefficient (Wildman–Crippen LogP) is 3.37. The van der Waals surface area contributed by atoms with E-state index >= 15 is 0 Å². The largest absolute Gasteiger partial charge is 0.481 e. The van der Waals surface area contributed by atoms with Gasteiger partial charge in [0.05, 0.1) is 0 Å². The van der Waals surface area contributed by atoms with Crippen molar-refractivity contribution in [3.8, 4) is 0 Å². The predicted molar refractivity (Wildman–Crippen MR) is 77.8 cm³/mol. The average Bonchev–Trinajstić information content (AvgIpc) is 2.42. The number of hydrogen-bond donors (Lipinski definition) is 3. The van der Waals surface area contributed by atoms with E-state index < -0.39 is 35.6 Å². The van der Waals surface area contributed by atoms with Crippen molar-refractivity contribution in [3.05, 3.63) is 35.6 Å². The maximum atomic E-state index is 13.1. The van der Waals surface area contributed by atoms with E-state index in [1.165, 1.54) is 13.8 Å². The van der Waals surface area contributed by atoms with Gasteiger partial charge in [0.15, 0.2) is 6.04 Å². The molecule has 0 spiro atoms. The molecule has 0 saturated carbocycles. The molecular formula is C15H18F4N2O3. The molecule has 0 aliphatic rings. The molecule has 0 bridgehead atoms. The number of urea groups is 1. The van der Waals surface area contributed by atoms with Gasteiger partial charge in [-0.05, 0) is 38.0 Å². The van der Waals surface area contributed by atoms with Crippen molar-refractivity contribution in [2.24, 2.45) is 0 Å². The third-order valence-electron chi connectivity index (χ3n) is 3.22. The number of carbonyl (C=O) groups excluding carboxylic acids is 1. The Morgan fingerprint density at radius 3 is 2.17 bits per heavy atom. The maximum absolute atomic E-state index is 13.1. The van der Waals surface area contributed by atoms with Crippen molar-refractivity contribution in [1.82, 2.24) is 10.6 Å². The van der Waals surface area contributed by atoms with Crippen LogP contribution in [0.5, 0.6) is 0 Å². The molecule has 1 aromatic rings. The smallest absolute Gasteiger partial charge is 0.412 e. The van der Waals surface area contributed by atoms with Crippen molar-refractivity contribution in [2.45, 2.75) is 44.4 Å². The van der Waals surface area contributed by atoms with Gasteiger partial charge in [0, 0.05) is 12.0 Å². The molecule has 0 unspecified atom stereocenters. The molecule has 0 saturated heterocycles. The monoisotopic (exact) mass is 350 g/mol. The van der Waals surface area contributed by atoms with Crippen molar-refractivity contribution in [3.63, 3.8) is 0 Å². The Morgan fingerprint density at radius 1 is 1.17 bits per heavy atom. The lowest BCUT2D eigenvalue weighted by Gasteiger charge is -2.28. The number of nitrogens with one attached hydrogen (secondary N) is 2. The molecule has 0 aliphatic carbocycles. The molecule has 0 radical (unpaired) electrons. The topological polar surface area (TPSA) is 78.4 Å². The Kier molecular flexibility index (Phi) is 6.16. The highest BCUT2D eigenvalue weighted by Gasteiger charge is 2.42. The quantitative estimate of drug-likeness (QED) is 0.688. The van der Waals surface area contributed by atoms with Crippen LogP contribution >= 0.6 is 0 Å². The number of carboxylic acids is 1. The van der Waals surface area contributed by atoms with Crippen LogP contribution in [0.15, 0.2) is 24.3 Å². The van der Waals surface area contributed by atoms with Crippen molar-refractivity contribution in [2.75, 3.05) is 0 Å². The van der Waals surface area contributed by atoms with E-state index in [1.54, 1.807) is 5.32 Å². The molecule has 1 rings (SSSR count). The molecule has 1 atom stereocenters.